The Bertz CT molecular complexity index is 771. The fourth-order valence-corrected chi connectivity index (χ4v) is 3.25. The molecule has 0 radical (unpaired) electrons. The van der Waals surface area contributed by atoms with E-state index in [1.54, 1.807) is 14.1 Å². The van der Waals surface area contributed by atoms with Crippen LogP contribution in [-0.4, -0.2) is 68.2 Å². The van der Waals surface area contributed by atoms with Crippen LogP contribution in [0.25, 0.3) is 0 Å². The molecule has 0 aromatic heterocycles. The van der Waals surface area contributed by atoms with Gasteiger partial charge >= 0.3 is 6.09 Å². The minimum absolute atomic E-state index is 0.0540. The van der Waals surface area contributed by atoms with Crippen LogP contribution in [0.5, 0.6) is 0 Å². The van der Waals surface area contributed by atoms with Crippen LogP contribution in [0.15, 0.2) is 29.3 Å². The van der Waals surface area contributed by atoms with Crippen LogP contribution in [0.2, 0.25) is 0 Å². The van der Waals surface area contributed by atoms with Gasteiger partial charge in [-0.25, -0.2) is 9.79 Å². The van der Waals surface area contributed by atoms with Crippen molar-refractivity contribution in [2.45, 2.75) is 58.1 Å². The van der Waals surface area contributed by atoms with E-state index < -0.39 is 11.7 Å². The number of aliphatic imine (C=N–C) groups is 1. The number of carbonyl (C=O) groups excluding carboxylic acids is 2. The predicted molar refractivity (Wildman–Crippen MR) is 123 cm³/mol. The van der Waals surface area contributed by atoms with Crippen LogP contribution in [0.4, 0.5) is 4.79 Å². The van der Waals surface area contributed by atoms with Gasteiger partial charge in [0.25, 0.3) is 0 Å². The van der Waals surface area contributed by atoms with Crippen LogP contribution in [0.1, 0.15) is 44.7 Å². The number of nitrogens with zero attached hydrogens (tertiary/aromatic N) is 2. The summed E-state index contributed by atoms with van der Waals surface area (Å²) in [7, 11) is 3.44. The molecule has 0 bridgehead atoms. The fraction of sp³-hybridized carbons (Fsp3) is 0.609. The molecule has 8 heteroatoms. The summed E-state index contributed by atoms with van der Waals surface area (Å²) in [5, 5.41) is 9.51. The first-order valence-corrected chi connectivity index (χ1v) is 10.9. The van der Waals surface area contributed by atoms with Crippen LogP contribution < -0.4 is 16.0 Å². The van der Waals surface area contributed by atoms with Gasteiger partial charge in [-0.15, -0.1) is 0 Å². The standard InChI is InChI=1S/C23H37N5O3/c1-23(2,3)31-22(30)25-14-8-13-24-21(26-16-20(29)28(4)5)27-19-12-11-17-9-6-7-10-18(17)15-19/h6-7,9-10,19H,8,11-16H2,1-5H3,(H,25,30)(H2,24,26,27). The molecule has 8 nitrogen and oxygen atoms in total. The number of carbonyl (C=O) groups is 2. The van der Waals surface area contributed by atoms with Gasteiger partial charge in [0.15, 0.2) is 5.96 Å². The Morgan fingerprint density at radius 3 is 2.48 bits per heavy atom. The molecule has 3 N–H and O–H groups in total. The molecule has 1 atom stereocenters. The minimum Gasteiger partial charge on any atom is -0.444 e. The molecule has 0 aliphatic heterocycles. The lowest BCUT2D eigenvalue weighted by Crippen LogP contribution is -2.46. The van der Waals surface area contributed by atoms with E-state index in [0.29, 0.717) is 25.5 Å². The second kappa shape index (κ2) is 11.6. The number of benzene rings is 1. The van der Waals surface area contributed by atoms with Gasteiger partial charge in [-0.3, -0.25) is 4.79 Å². The van der Waals surface area contributed by atoms with Gasteiger partial charge in [0.1, 0.15) is 12.1 Å². The normalized spacial score (nSPS) is 16.2. The van der Waals surface area contributed by atoms with Gasteiger partial charge in [0, 0.05) is 33.2 Å². The maximum Gasteiger partial charge on any atom is 0.407 e. The minimum atomic E-state index is -0.510. The van der Waals surface area contributed by atoms with Crippen LogP contribution in [0, 0.1) is 0 Å². The molecule has 1 aliphatic carbocycles. The zero-order valence-electron chi connectivity index (χ0n) is 19.5. The number of alkyl carbamates (subject to hydrolysis) is 1. The lowest BCUT2D eigenvalue weighted by atomic mass is 9.88. The van der Waals surface area contributed by atoms with Gasteiger partial charge < -0.3 is 25.6 Å². The molecule has 0 spiro atoms. The monoisotopic (exact) mass is 431 g/mol. The van der Waals surface area contributed by atoms with E-state index in [1.807, 2.05) is 20.8 Å². The first-order valence-electron chi connectivity index (χ1n) is 10.9. The third kappa shape index (κ3) is 9.27. The molecule has 0 fully saturated rings. The van der Waals surface area contributed by atoms with Gasteiger partial charge in [-0.2, -0.15) is 0 Å². The average Bonchev–Trinajstić information content (AvgIpc) is 2.69. The summed E-state index contributed by atoms with van der Waals surface area (Å²) >= 11 is 0. The summed E-state index contributed by atoms with van der Waals surface area (Å²) < 4.78 is 5.23. The number of rotatable bonds is 7. The van der Waals surface area contributed by atoms with Crippen LogP contribution in [-0.2, 0) is 22.4 Å². The first-order chi connectivity index (χ1) is 14.6. The summed E-state index contributed by atoms with van der Waals surface area (Å²) in [6.07, 6.45) is 3.25. The van der Waals surface area contributed by atoms with Crippen molar-refractivity contribution < 1.29 is 14.3 Å². The Morgan fingerprint density at radius 1 is 1.13 bits per heavy atom. The van der Waals surface area contributed by atoms with Crippen molar-refractivity contribution in [2.75, 3.05) is 33.7 Å². The molecule has 2 rings (SSSR count). The second-order valence-corrected chi connectivity index (χ2v) is 9.01. The summed E-state index contributed by atoms with van der Waals surface area (Å²) in [5.74, 6) is 0.568. The van der Waals surface area contributed by atoms with Crippen LogP contribution in [0.3, 0.4) is 0 Å². The summed E-state index contributed by atoms with van der Waals surface area (Å²) in [6.45, 7) is 6.69. The Hall–Kier alpha value is -2.77. The third-order valence-electron chi connectivity index (χ3n) is 4.87. The topological polar surface area (TPSA) is 95.1 Å². The van der Waals surface area contributed by atoms with E-state index in [0.717, 1.165) is 19.3 Å². The maximum atomic E-state index is 12.0. The molecule has 172 valence electrons. The Kier molecular flexibility index (Phi) is 9.15. The largest absolute Gasteiger partial charge is 0.444 e. The highest BCUT2D eigenvalue weighted by Crippen LogP contribution is 2.20. The van der Waals surface area contributed by atoms with Crippen LogP contribution >= 0.6 is 0 Å². The van der Waals surface area contributed by atoms with Crippen molar-refractivity contribution in [3.05, 3.63) is 35.4 Å². The average molecular weight is 432 g/mol. The Morgan fingerprint density at radius 2 is 1.81 bits per heavy atom. The van der Waals surface area contributed by atoms with Crippen molar-refractivity contribution in [3.8, 4) is 0 Å². The van der Waals surface area contributed by atoms with Gasteiger partial charge in [0.2, 0.25) is 5.91 Å². The highest BCUT2D eigenvalue weighted by Gasteiger charge is 2.19. The number of likely N-dealkylation sites (N-methyl/N-ethyl adjacent to an activating group) is 1. The quantitative estimate of drug-likeness (QED) is 0.349. The van der Waals surface area contributed by atoms with Gasteiger partial charge in [-0.05, 0) is 57.6 Å². The highest BCUT2D eigenvalue weighted by molar-refractivity contribution is 5.85. The van der Waals surface area contributed by atoms with Gasteiger partial charge in [0.05, 0.1) is 0 Å². The lowest BCUT2D eigenvalue weighted by molar-refractivity contribution is -0.127. The molecule has 1 unspecified atom stereocenters. The number of hydrogen-bond donors (Lipinski definition) is 3. The van der Waals surface area contributed by atoms with E-state index in [9.17, 15) is 9.59 Å². The zero-order valence-corrected chi connectivity index (χ0v) is 19.5. The SMILES string of the molecule is CN(C)C(=O)CN=C(NCCCNC(=O)OC(C)(C)C)NC1CCc2ccccc2C1. The molecule has 1 aromatic rings. The second-order valence-electron chi connectivity index (χ2n) is 9.01. The van der Waals surface area contributed by atoms with Crippen molar-refractivity contribution >= 4 is 18.0 Å². The molecular formula is C23H37N5O3. The van der Waals surface area contributed by atoms with Crippen molar-refractivity contribution in [1.29, 1.82) is 0 Å². The van der Waals surface area contributed by atoms with Crippen molar-refractivity contribution in [3.63, 3.8) is 0 Å². The highest BCUT2D eigenvalue weighted by atomic mass is 16.6. The molecule has 1 aliphatic rings. The molecule has 0 heterocycles. The van der Waals surface area contributed by atoms with Crippen molar-refractivity contribution in [2.24, 2.45) is 4.99 Å². The third-order valence-corrected chi connectivity index (χ3v) is 4.87. The maximum absolute atomic E-state index is 12.0. The molecule has 0 saturated carbocycles. The number of aryl methyl sites for hydroxylation is 1. The first kappa shape index (κ1) is 24.5. The lowest BCUT2D eigenvalue weighted by Gasteiger charge is -2.27. The number of guanidine groups is 1. The smallest absolute Gasteiger partial charge is 0.407 e. The molecule has 31 heavy (non-hydrogen) atoms. The number of nitrogens with one attached hydrogen (secondary N) is 3. The van der Waals surface area contributed by atoms with E-state index in [2.05, 4.69) is 45.2 Å². The summed E-state index contributed by atoms with van der Waals surface area (Å²) in [4.78, 5) is 29.7. The molecule has 2 amide bonds. The predicted octanol–water partition coefficient (Wildman–Crippen LogP) is 2.08. The van der Waals surface area contributed by atoms with E-state index in [4.69, 9.17) is 4.74 Å². The van der Waals surface area contributed by atoms with E-state index in [-0.39, 0.29) is 18.5 Å². The number of ether oxygens (including phenoxy) is 1. The Balaban J connectivity index is 1.85. The van der Waals surface area contributed by atoms with E-state index >= 15 is 0 Å². The van der Waals surface area contributed by atoms with Crippen molar-refractivity contribution in [1.82, 2.24) is 20.9 Å². The fourth-order valence-electron chi connectivity index (χ4n) is 3.25. The molecule has 0 saturated heterocycles. The summed E-state index contributed by atoms with van der Waals surface area (Å²) in [5.41, 5.74) is 2.25. The van der Waals surface area contributed by atoms with Gasteiger partial charge in [-0.1, -0.05) is 24.3 Å². The number of amides is 2. The Labute approximate surface area is 185 Å². The van der Waals surface area contributed by atoms with E-state index in [1.165, 1.54) is 16.0 Å². The summed E-state index contributed by atoms with van der Waals surface area (Å²) in [6, 6.07) is 8.77. The molecular weight excluding hydrogens is 394 g/mol. The number of fused-ring (bicyclic) bond motifs is 1. The molecule has 1 aromatic carbocycles. The number of hydrogen-bond acceptors (Lipinski definition) is 4. The zero-order chi connectivity index (χ0) is 22.9.